The van der Waals surface area contributed by atoms with Crippen LogP contribution < -0.4 is 0 Å². The van der Waals surface area contributed by atoms with Crippen molar-refractivity contribution in [2.45, 2.75) is 52.1 Å². The molecular formula is C24H25ClN2O. The molecular weight excluding hydrogens is 368 g/mol. The summed E-state index contributed by atoms with van der Waals surface area (Å²) < 4.78 is 0. The van der Waals surface area contributed by atoms with Crippen LogP contribution in [-0.4, -0.2) is 27.9 Å². The summed E-state index contributed by atoms with van der Waals surface area (Å²) in [6.07, 6.45) is 3.26. The Hall–Kier alpha value is -2.39. The van der Waals surface area contributed by atoms with E-state index in [0.717, 1.165) is 35.0 Å². The van der Waals surface area contributed by atoms with Crippen LogP contribution in [0.1, 0.15) is 49.0 Å². The van der Waals surface area contributed by atoms with Gasteiger partial charge in [0.2, 0.25) is 0 Å². The molecule has 1 aromatic heterocycles. The highest BCUT2D eigenvalue weighted by molar-refractivity contribution is 6.35. The predicted molar refractivity (Wildman–Crippen MR) is 116 cm³/mol. The van der Waals surface area contributed by atoms with Gasteiger partial charge in [-0.2, -0.15) is 0 Å². The van der Waals surface area contributed by atoms with Gasteiger partial charge in [-0.1, -0.05) is 48.0 Å². The largest absolute Gasteiger partial charge is 0.333 e. The van der Waals surface area contributed by atoms with Crippen molar-refractivity contribution in [3.63, 3.8) is 0 Å². The fourth-order valence-corrected chi connectivity index (χ4v) is 4.57. The van der Waals surface area contributed by atoms with Crippen LogP contribution in [0.15, 0.2) is 48.5 Å². The summed E-state index contributed by atoms with van der Waals surface area (Å²) in [4.78, 5) is 20.5. The summed E-state index contributed by atoms with van der Waals surface area (Å²) in [6, 6.07) is 16.2. The lowest BCUT2D eigenvalue weighted by molar-refractivity contribution is 0.0513. The number of hydrogen-bond acceptors (Lipinski definition) is 2. The average Bonchev–Trinajstić information content (AvgIpc) is 2.68. The normalized spacial score (nSPS) is 19.8. The first-order chi connectivity index (χ1) is 13.5. The molecule has 4 heteroatoms. The van der Waals surface area contributed by atoms with Gasteiger partial charge in [0.1, 0.15) is 0 Å². The van der Waals surface area contributed by atoms with Crippen LogP contribution in [0.5, 0.6) is 0 Å². The van der Waals surface area contributed by atoms with Crippen LogP contribution in [0, 0.1) is 6.92 Å². The Balaban J connectivity index is 1.93. The topological polar surface area (TPSA) is 33.2 Å². The van der Waals surface area contributed by atoms with E-state index in [2.05, 4.69) is 26.8 Å². The van der Waals surface area contributed by atoms with Crippen LogP contribution in [0.2, 0.25) is 5.02 Å². The molecule has 1 aliphatic rings. The van der Waals surface area contributed by atoms with E-state index in [4.69, 9.17) is 16.6 Å². The van der Waals surface area contributed by atoms with Crippen molar-refractivity contribution in [3.05, 3.63) is 64.7 Å². The molecule has 3 aromatic rings. The van der Waals surface area contributed by atoms with Crippen LogP contribution in [-0.2, 0) is 0 Å². The van der Waals surface area contributed by atoms with Gasteiger partial charge in [0.25, 0.3) is 5.91 Å². The molecule has 0 saturated carbocycles. The average molecular weight is 393 g/mol. The molecule has 0 spiro atoms. The molecule has 2 aromatic carbocycles. The Bertz CT molecular complexity index is 1040. The zero-order chi connectivity index (χ0) is 19.8. The molecule has 2 heterocycles. The summed E-state index contributed by atoms with van der Waals surface area (Å²) in [5.41, 5.74) is 4.31. The van der Waals surface area contributed by atoms with Gasteiger partial charge in [-0.15, -0.1) is 0 Å². The SMILES string of the molecule is Cc1ccccc1-c1cc(C(=O)N2[C@H](C)CCC[C@@H]2C)c2cccc(Cl)c2n1. The number of hydrogen-bond donors (Lipinski definition) is 0. The number of halogens is 1. The number of rotatable bonds is 2. The van der Waals surface area contributed by atoms with E-state index in [9.17, 15) is 4.79 Å². The molecule has 0 bridgehead atoms. The Kier molecular flexibility index (Phi) is 5.11. The van der Waals surface area contributed by atoms with E-state index in [1.54, 1.807) is 0 Å². The molecule has 4 rings (SSSR count). The molecule has 144 valence electrons. The van der Waals surface area contributed by atoms with Crippen molar-refractivity contribution in [2.75, 3.05) is 0 Å². The van der Waals surface area contributed by atoms with Gasteiger partial charge in [0.05, 0.1) is 21.8 Å². The Morgan fingerprint density at radius 1 is 1.07 bits per heavy atom. The van der Waals surface area contributed by atoms with Gasteiger partial charge in [-0.3, -0.25) is 4.79 Å². The van der Waals surface area contributed by atoms with Crippen molar-refractivity contribution in [3.8, 4) is 11.3 Å². The number of pyridine rings is 1. The Morgan fingerprint density at radius 3 is 2.50 bits per heavy atom. The molecule has 1 fully saturated rings. The molecule has 1 aliphatic heterocycles. The number of para-hydroxylation sites is 1. The highest BCUT2D eigenvalue weighted by Crippen LogP contribution is 2.33. The van der Waals surface area contributed by atoms with Gasteiger partial charge in [-0.05, 0) is 57.7 Å². The number of nitrogens with zero attached hydrogens (tertiary/aromatic N) is 2. The van der Waals surface area contributed by atoms with Gasteiger partial charge < -0.3 is 4.90 Å². The highest BCUT2D eigenvalue weighted by atomic mass is 35.5. The van der Waals surface area contributed by atoms with Gasteiger partial charge in [0.15, 0.2) is 0 Å². The smallest absolute Gasteiger partial charge is 0.255 e. The number of carbonyl (C=O) groups is 1. The summed E-state index contributed by atoms with van der Waals surface area (Å²) >= 11 is 6.49. The molecule has 2 atom stereocenters. The maximum Gasteiger partial charge on any atom is 0.255 e. The minimum atomic E-state index is 0.0733. The summed E-state index contributed by atoms with van der Waals surface area (Å²) in [5.74, 6) is 0.0733. The van der Waals surface area contributed by atoms with Crippen molar-refractivity contribution in [1.82, 2.24) is 9.88 Å². The zero-order valence-corrected chi connectivity index (χ0v) is 17.3. The highest BCUT2D eigenvalue weighted by Gasteiger charge is 2.31. The fraction of sp³-hybridized carbons (Fsp3) is 0.333. The molecule has 1 amide bonds. The van der Waals surface area contributed by atoms with Crippen LogP contribution in [0.25, 0.3) is 22.2 Å². The molecule has 0 unspecified atom stereocenters. The molecule has 1 saturated heterocycles. The lowest BCUT2D eigenvalue weighted by Gasteiger charge is -2.39. The number of likely N-dealkylation sites (tertiary alicyclic amines) is 1. The molecule has 28 heavy (non-hydrogen) atoms. The number of benzene rings is 2. The number of fused-ring (bicyclic) bond motifs is 1. The van der Waals surface area contributed by atoms with Crippen molar-refractivity contribution in [2.24, 2.45) is 0 Å². The third-order valence-corrected chi connectivity index (χ3v) is 6.17. The second kappa shape index (κ2) is 7.56. The monoisotopic (exact) mass is 392 g/mol. The van der Waals surface area contributed by atoms with E-state index in [1.165, 1.54) is 6.42 Å². The first-order valence-corrected chi connectivity index (χ1v) is 10.3. The summed E-state index contributed by atoms with van der Waals surface area (Å²) in [6.45, 7) is 6.35. The summed E-state index contributed by atoms with van der Waals surface area (Å²) in [7, 11) is 0. The van der Waals surface area contributed by atoms with Gasteiger partial charge >= 0.3 is 0 Å². The first kappa shape index (κ1) is 18.9. The third-order valence-electron chi connectivity index (χ3n) is 5.87. The third kappa shape index (κ3) is 3.29. The second-order valence-corrected chi connectivity index (χ2v) is 8.25. The fourth-order valence-electron chi connectivity index (χ4n) is 4.35. The van der Waals surface area contributed by atoms with E-state index in [0.29, 0.717) is 16.1 Å². The van der Waals surface area contributed by atoms with Gasteiger partial charge in [0, 0.05) is 23.0 Å². The quantitative estimate of drug-likeness (QED) is 0.515. The minimum absolute atomic E-state index is 0.0733. The van der Waals surface area contributed by atoms with Crippen molar-refractivity contribution >= 4 is 28.4 Å². The van der Waals surface area contributed by atoms with Gasteiger partial charge in [-0.25, -0.2) is 4.98 Å². The first-order valence-electron chi connectivity index (χ1n) is 9.95. The Morgan fingerprint density at radius 2 is 1.79 bits per heavy atom. The van der Waals surface area contributed by atoms with Crippen molar-refractivity contribution in [1.29, 1.82) is 0 Å². The predicted octanol–water partition coefficient (Wildman–Crippen LogP) is 6.27. The van der Waals surface area contributed by atoms with E-state index >= 15 is 0 Å². The lowest BCUT2D eigenvalue weighted by Crippen LogP contribution is -2.47. The van der Waals surface area contributed by atoms with Crippen LogP contribution >= 0.6 is 11.6 Å². The number of carbonyl (C=O) groups excluding carboxylic acids is 1. The standard InChI is InChI=1S/C24H25ClN2O/c1-15-8-4-5-11-18(15)22-14-20(19-12-7-13-21(25)23(19)26-22)24(28)27-16(2)9-6-10-17(27)3/h4-5,7-8,11-14,16-17H,6,9-10H2,1-3H3/t16-,17+. The van der Waals surface area contributed by atoms with Crippen LogP contribution in [0.3, 0.4) is 0 Å². The van der Waals surface area contributed by atoms with E-state index in [1.807, 2.05) is 47.4 Å². The molecule has 3 nitrogen and oxygen atoms in total. The number of aromatic nitrogens is 1. The molecule has 0 radical (unpaired) electrons. The zero-order valence-electron chi connectivity index (χ0n) is 16.6. The number of aryl methyl sites for hydroxylation is 1. The van der Waals surface area contributed by atoms with Crippen LogP contribution in [0.4, 0.5) is 0 Å². The molecule has 0 aliphatic carbocycles. The molecule has 0 N–H and O–H groups in total. The van der Waals surface area contributed by atoms with Crippen molar-refractivity contribution < 1.29 is 4.79 Å². The Labute approximate surface area is 171 Å². The number of piperidine rings is 1. The number of amides is 1. The summed E-state index contributed by atoms with van der Waals surface area (Å²) in [5, 5.41) is 1.39. The van der Waals surface area contributed by atoms with E-state index in [-0.39, 0.29) is 18.0 Å². The lowest BCUT2D eigenvalue weighted by atomic mass is 9.95. The van der Waals surface area contributed by atoms with E-state index < -0.39 is 0 Å². The maximum absolute atomic E-state index is 13.7. The minimum Gasteiger partial charge on any atom is -0.333 e. The second-order valence-electron chi connectivity index (χ2n) is 7.85. The maximum atomic E-state index is 13.7.